The lowest BCUT2D eigenvalue weighted by molar-refractivity contribution is -0.118. The Morgan fingerprint density at radius 3 is 2.59 bits per heavy atom. The van der Waals surface area contributed by atoms with Crippen molar-refractivity contribution in [2.75, 3.05) is 18.0 Å². The molecule has 0 saturated carbocycles. The third kappa shape index (κ3) is 4.42. The second-order valence-corrected chi connectivity index (χ2v) is 9.28. The van der Waals surface area contributed by atoms with Crippen LogP contribution in [0.2, 0.25) is 0 Å². The van der Waals surface area contributed by atoms with Crippen LogP contribution in [0.5, 0.6) is 0 Å². The van der Waals surface area contributed by atoms with Crippen molar-refractivity contribution < 1.29 is 13.2 Å². The molecule has 0 aliphatic carbocycles. The number of carbonyl (C=O) groups excluding carboxylic acids is 1. The van der Waals surface area contributed by atoms with E-state index in [1.54, 1.807) is 11.0 Å². The molecule has 5 nitrogen and oxygen atoms in total. The molecule has 1 N–H and O–H groups in total. The molecule has 1 aliphatic rings. The maximum atomic E-state index is 12.8. The van der Waals surface area contributed by atoms with Crippen LogP contribution < -0.4 is 9.62 Å². The molecule has 0 radical (unpaired) electrons. The summed E-state index contributed by atoms with van der Waals surface area (Å²) in [5, 5.41) is 0. The normalized spacial score (nSPS) is 13.7. The number of rotatable bonds is 6. The minimum absolute atomic E-state index is 0.00625. The first-order chi connectivity index (χ1) is 12.8. The van der Waals surface area contributed by atoms with Crippen molar-refractivity contribution in [2.24, 2.45) is 0 Å². The minimum atomic E-state index is -3.68. The summed E-state index contributed by atoms with van der Waals surface area (Å²) in [4.78, 5) is 14.0. The van der Waals surface area contributed by atoms with Gasteiger partial charge in [-0.1, -0.05) is 36.8 Å². The van der Waals surface area contributed by atoms with E-state index >= 15 is 0 Å². The third-order valence-electron chi connectivity index (χ3n) is 4.75. The lowest BCUT2D eigenvalue weighted by Crippen LogP contribution is -2.29. The lowest BCUT2D eigenvalue weighted by Gasteiger charge is -2.18. The van der Waals surface area contributed by atoms with Crippen molar-refractivity contribution in [3.63, 3.8) is 0 Å². The van der Waals surface area contributed by atoms with E-state index in [1.165, 1.54) is 5.56 Å². The van der Waals surface area contributed by atoms with Crippen molar-refractivity contribution in [1.82, 2.24) is 4.72 Å². The van der Waals surface area contributed by atoms with E-state index in [-0.39, 0.29) is 10.8 Å². The molecular weight excluding hydrogens is 428 g/mol. The highest BCUT2D eigenvalue weighted by atomic mass is 79.9. The van der Waals surface area contributed by atoms with Gasteiger partial charge in [0.2, 0.25) is 15.9 Å². The Kier molecular flexibility index (Phi) is 6.03. The Labute approximate surface area is 169 Å². The summed E-state index contributed by atoms with van der Waals surface area (Å²) in [5.74, 6) is 0.00625. The molecule has 1 aliphatic heterocycles. The summed E-state index contributed by atoms with van der Waals surface area (Å²) in [7, 11) is -3.68. The first-order valence-electron chi connectivity index (χ1n) is 9.00. The van der Waals surface area contributed by atoms with Crippen molar-refractivity contribution >= 4 is 37.5 Å². The van der Waals surface area contributed by atoms with Crippen LogP contribution in [0.15, 0.2) is 45.8 Å². The van der Waals surface area contributed by atoms with Crippen LogP contribution in [0.1, 0.15) is 30.0 Å². The largest absolute Gasteiger partial charge is 0.312 e. The summed E-state index contributed by atoms with van der Waals surface area (Å²) in [5.41, 5.74) is 3.94. The summed E-state index contributed by atoms with van der Waals surface area (Å²) < 4.78 is 28.8. The van der Waals surface area contributed by atoms with Gasteiger partial charge in [0.1, 0.15) is 0 Å². The number of anilines is 1. The van der Waals surface area contributed by atoms with Gasteiger partial charge in [-0.15, -0.1) is 0 Å². The van der Waals surface area contributed by atoms with E-state index in [1.807, 2.05) is 44.2 Å². The van der Waals surface area contributed by atoms with Gasteiger partial charge in [0, 0.05) is 29.7 Å². The molecular formula is C20H23BrN2O3S. The second-order valence-electron chi connectivity index (χ2n) is 6.69. The molecule has 1 heterocycles. The van der Waals surface area contributed by atoms with E-state index in [9.17, 15) is 13.2 Å². The van der Waals surface area contributed by atoms with Gasteiger partial charge in [0.25, 0.3) is 0 Å². The van der Waals surface area contributed by atoms with Gasteiger partial charge in [-0.25, -0.2) is 13.1 Å². The Morgan fingerprint density at radius 2 is 1.93 bits per heavy atom. The number of aryl methyl sites for hydroxylation is 1. The lowest BCUT2D eigenvalue weighted by atomic mass is 10.1. The highest BCUT2D eigenvalue weighted by molar-refractivity contribution is 9.10. The van der Waals surface area contributed by atoms with Crippen molar-refractivity contribution in [3.05, 3.63) is 57.6 Å². The van der Waals surface area contributed by atoms with Crippen LogP contribution in [0, 0.1) is 6.92 Å². The molecule has 2 aromatic rings. The van der Waals surface area contributed by atoms with Crippen molar-refractivity contribution in [3.8, 4) is 0 Å². The van der Waals surface area contributed by atoms with Crippen LogP contribution in [-0.2, 0) is 27.7 Å². The number of benzene rings is 2. The van der Waals surface area contributed by atoms with Crippen molar-refractivity contribution in [2.45, 2.75) is 38.0 Å². The average Bonchev–Trinajstić information content (AvgIpc) is 3.04. The van der Waals surface area contributed by atoms with Crippen LogP contribution in [-0.4, -0.2) is 27.4 Å². The van der Waals surface area contributed by atoms with Gasteiger partial charge in [0.05, 0.1) is 4.90 Å². The smallest absolute Gasteiger partial charge is 0.241 e. The number of sulfonamides is 1. The van der Waals surface area contributed by atoms with Gasteiger partial charge in [0.15, 0.2) is 0 Å². The van der Waals surface area contributed by atoms with Crippen molar-refractivity contribution in [1.29, 1.82) is 0 Å². The van der Waals surface area contributed by atoms with Gasteiger partial charge in [-0.3, -0.25) is 4.79 Å². The number of amides is 1. The topological polar surface area (TPSA) is 66.5 Å². The molecule has 0 aromatic heterocycles. The number of nitrogens with one attached hydrogen (secondary N) is 1. The van der Waals surface area contributed by atoms with Crippen LogP contribution in [0.4, 0.5) is 5.69 Å². The van der Waals surface area contributed by atoms with E-state index in [0.29, 0.717) is 36.1 Å². The predicted molar refractivity (Wildman–Crippen MR) is 111 cm³/mol. The molecule has 0 saturated heterocycles. The zero-order valence-corrected chi connectivity index (χ0v) is 17.9. The van der Waals surface area contributed by atoms with E-state index in [2.05, 4.69) is 20.7 Å². The Bertz CT molecular complexity index is 956. The maximum Gasteiger partial charge on any atom is 0.241 e. The number of halogens is 1. The summed E-state index contributed by atoms with van der Waals surface area (Å²) in [6.45, 7) is 4.74. The fourth-order valence-electron chi connectivity index (χ4n) is 3.21. The number of hydrogen-bond acceptors (Lipinski definition) is 3. The molecule has 1 amide bonds. The molecule has 3 rings (SSSR count). The minimum Gasteiger partial charge on any atom is -0.312 e. The van der Waals surface area contributed by atoms with Crippen LogP contribution >= 0.6 is 15.9 Å². The highest BCUT2D eigenvalue weighted by Gasteiger charge is 2.28. The Hall–Kier alpha value is -1.70. The summed E-state index contributed by atoms with van der Waals surface area (Å²) in [6.07, 6.45) is 1.75. The molecule has 7 heteroatoms. The van der Waals surface area contributed by atoms with Gasteiger partial charge in [-0.05, 0) is 59.0 Å². The molecule has 0 atom stereocenters. The van der Waals surface area contributed by atoms with Gasteiger partial charge in [-0.2, -0.15) is 0 Å². The average molecular weight is 451 g/mol. The van der Waals surface area contributed by atoms with Crippen LogP contribution in [0.3, 0.4) is 0 Å². The second kappa shape index (κ2) is 8.12. The first-order valence-corrected chi connectivity index (χ1v) is 11.3. The molecule has 2 aromatic carbocycles. The molecule has 0 bridgehead atoms. The Balaban J connectivity index is 1.78. The SMILES string of the molecule is CCC(=O)N1CCc2cc(Br)c(S(=O)(=O)NCCc3ccc(C)cc3)cc21. The molecule has 144 valence electrons. The fourth-order valence-corrected chi connectivity index (χ4v) is 5.34. The van der Waals surface area contributed by atoms with E-state index < -0.39 is 10.0 Å². The standard InChI is InChI=1S/C20H23BrN2O3S/c1-3-20(24)23-11-9-16-12-17(21)19(13-18(16)23)27(25,26)22-10-8-15-6-4-14(2)5-7-15/h4-7,12-13,22H,3,8-11H2,1-2H3. The highest BCUT2D eigenvalue weighted by Crippen LogP contribution is 2.35. The molecule has 27 heavy (non-hydrogen) atoms. The molecule has 0 spiro atoms. The summed E-state index contributed by atoms with van der Waals surface area (Å²) >= 11 is 3.38. The van der Waals surface area contributed by atoms with Crippen LogP contribution in [0.25, 0.3) is 0 Å². The van der Waals surface area contributed by atoms with Gasteiger partial charge < -0.3 is 4.90 Å². The quantitative estimate of drug-likeness (QED) is 0.730. The van der Waals surface area contributed by atoms with E-state index in [0.717, 1.165) is 17.5 Å². The number of fused-ring (bicyclic) bond motifs is 1. The number of nitrogens with zero attached hydrogens (tertiary/aromatic N) is 1. The fraction of sp³-hybridized carbons (Fsp3) is 0.350. The predicted octanol–water partition coefficient (Wildman–Crippen LogP) is 3.58. The molecule has 0 unspecified atom stereocenters. The first kappa shape index (κ1) is 20.0. The Morgan fingerprint density at radius 1 is 1.22 bits per heavy atom. The maximum absolute atomic E-state index is 12.8. The van der Waals surface area contributed by atoms with E-state index in [4.69, 9.17) is 0 Å². The third-order valence-corrected chi connectivity index (χ3v) is 7.17. The number of carbonyl (C=O) groups is 1. The monoisotopic (exact) mass is 450 g/mol. The zero-order valence-electron chi connectivity index (χ0n) is 15.5. The number of hydrogen-bond donors (Lipinski definition) is 1. The summed E-state index contributed by atoms with van der Waals surface area (Å²) in [6, 6.07) is 11.5. The molecule has 0 fully saturated rings. The zero-order chi connectivity index (χ0) is 19.6. The van der Waals surface area contributed by atoms with Gasteiger partial charge >= 0.3 is 0 Å².